The Morgan fingerprint density at radius 2 is 1.74 bits per heavy atom. The molecule has 1 aromatic rings. The molecule has 2 rings (SSSR count). The molecule has 0 radical (unpaired) electrons. The van der Waals surface area contributed by atoms with E-state index in [2.05, 4.69) is 0 Å². The van der Waals surface area contributed by atoms with Crippen molar-refractivity contribution in [3.05, 3.63) is 21.2 Å². The molecular formula is C16H18Cl2O5. The number of benzene rings is 1. The quantitative estimate of drug-likeness (QED) is 0.682. The van der Waals surface area contributed by atoms with Crippen molar-refractivity contribution in [1.82, 2.24) is 0 Å². The third-order valence-electron chi connectivity index (χ3n) is 3.88. The summed E-state index contributed by atoms with van der Waals surface area (Å²) in [6.07, 6.45) is 2.95. The Kier molecular flexibility index (Phi) is 5.76. The number of phenols is 2. The first kappa shape index (κ1) is 17.9. The summed E-state index contributed by atoms with van der Waals surface area (Å²) in [4.78, 5) is 24.5. The minimum absolute atomic E-state index is 0.0499. The second kappa shape index (κ2) is 7.41. The van der Waals surface area contributed by atoms with Gasteiger partial charge in [0.15, 0.2) is 11.5 Å². The van der Waals surface area contributed by atoms with Crippen LogP contribution in [0.1, 0.15) is 54.9 Å². The predicted molar refractivity (Wildman–Crippen MR) is 86.5 cm³/mol. The highest BCUT2D eigenvalue weighted by Crippen LogP contribution is 2.45. The summed E-state index contributed by atoms with van der Waals surface area (Å²) in [5.74, 6) is -2.10. The summed E-state index contributed by atoms with van der Waals surface area (Å²) in [6, 6.07) is 0. The fraction of sp³-hybridized carbons (Fsp3) is 0.500. The van der Waals surface area contributed by atoms with E-state index in [1.165, 1.54) is 0 Å². The summed E-state index contributed by atoms with van der Waals surface area (Å²) >= 11 is 11.8. The monoisotopic (exact) mass is 360 g/mol. The minimum Gasteiger partial charge on any atom is -0.505 e. The van der Waals surface area contributed by atoms with Gasteiger partial charge in [-0.25, -0.2) is 4.79 Å². The lowest BCUT2D eigenvalue weighted by Crippen LogP contribution is -2.19. The van der Waals surface area contributed by atoms with Crippen molar-refractivity contribution >= 4 is 35.0 Å². The summed E-state index contributed by atoms with van der Waals surface area (Å²) in [5.41, 5.74) is -0.201. The molecule has 0 spiro atoms. The molecule has 0 saturated heterocycles. The Labute approximate surface area is 144 Å². The topological polar surface area (TPSA) is 83.8 Å². The van der Waals surface area contributed by atoms with Gasteiger partial charge in [0.2, 0.25) is 0 Å². The molecule has 1 heterocycles. The van der Waals surface area contributed by atoms with E-state index in [1.54, 1.807) is 6.92 Å². The van der Waals surface area contributed by atoms with Crippen LogP contribution in [0.4, 0.5) is 0 Å². The van der Waals surface area contributed by atoms with Gasteiger partial charge in [0.25, 0.3) is 0 Å². The van der Waals surface area contributed by atoms with Crippen LogP contribution in [0.15, 0.2) is 0 Å². The highest BCUT2D eigenvalue weighted by molar-refractivity contribution is 6.39. The molecule has 0 saturated carbocycles. The molecule has 7 heteroatoms. The summed E-state index contributed by atoms with van der Waals surface area (Å²) in [5, 5.41) is 19.4. The van der Waals surface area contributed by atoms with Crippen molar-refractivity contribution in [2.75, 3.05) is 0 Å². The SMILES string of the molecule is C[C@H]1CCCCCC(=O)Cc2c(Cl)c(O)c(Cl)c(O)c2C(=O)O1. The van der Waals surface area contributed by atoms with Crippen LogP contribution in [0.2, 0.25) is 10.0 Å². The van der Waals surface area contributed by atoms with Crippen molar-refractivity contribution in [3.63, 3.8) is 0 Å². The summed E-state index contributed by atoms with van der Waals surface area (Å²) < 4.78 is 5.31. The molecule has 0 amide bonds. The van der Waals surface area contributed by atoms with E-state index in [9.17, 15) is 19.8 Å². The number of esters is 1. The molecule has 2 N–H and O–H groups in total. The zero-order valence-corrected chi connectivity index (χ0v) is 14.2. The van der Waals surface area contributed by atoms with Gasteiger partial charge in [0, 0.05) is 18.4 Å². The highest BCUT2D eigenvalue weighted by atomic mass is 35.5. The normalized spacial score (nSPS) is 20.2. The van der Waals surface area contributed by atoms with Crippen LogP contribution in [-0.2, 0) is 16.0 Å². The number of ether oxygens (including phenoxy) is 1. The number of hydrogen-bond donors (Lipinski definition) is 2. The Balaban J connectivity index is 2.56. The van der Waals surface area contributed by atoms with Gasteiger partial charge in [0.05, 0.1) is 11.1 Å². The standard InChI is InChI=1S/C16H18Cl2O5/c1-8-5-3-2-4-6-9(19)7-10-11(16(22)23-8)14(20)13(18)15(21)12(10)17/h8,20-21H,2-7H2,1H3/t8-/m0/s1. The zero-order chi connectivity index (χ0) is 17.1. The third kappa shape index (κ3) is 3.90. The first-order valence-electron chi connectivity index (χ1n) is 7.47. The van der Waals surface area contributed by atoms with E-state index < -0.39 is 22.5 Å². The van der Waals surface area contributed by atoms with Crippen LogP contribution in [0.25, 0.3) is 0 Å². The van der Waals surface area contributed by atoms with Gasteiger partial charge in [-0.15, -0.1) is 0 Å². The molecule has 23 heavy (non-hydrogen) atoms. The van der Waals surface area contributed by atoms with Gasteiger partial charge in [0.1, 0.15) is 16.4 Å². The zero-order valence-electron chi connectivity index (χ0n) is 12.7. The highest BCUT2D eigenvalue weighted by Gasteiger charge is 2.29. The molecule has 1 aliphatic rings. The lowest BCUT2D eigenvalue weighted by molar-refractivity contribution is -0.118. The van der Waals surface area contributed by atoms with E-state index in [1.807, 2.05) is 0 Å². The molecule has 5 nitrogen and oxygen atoms in total. The van der Waals surface area contributed by atoms with Crippen LogP contribution in [0.3, 0.4) is 0 Å². The Hall–Kier alpha value is -1.46. The number of aromatic hydroxyl groups is 2. The molecule has 0 aliphatic carbocycles. The predicted octanol–water partition coefficient (Wildman–Crippen LogP) is 4.03. The van der Waals surface area contributed by atoms with E-state index >= 15 is 0 Å². The van der Waals surface area contributed by atoms with Crippen LogP contribution in [0.5, 0.6) is 11.5 Å². The second-order valence-electron chi connectivity index (χ2n) is 5.71. The van der Waals surface area contributed by atoms with Gasteiger partial charge >= 0.3 is 5.97 Å². The van der Waals surface area contributed by atoms with E-state index in [0.29, 0.717) is 12.8 Å². The number of hydrogen-bond acceptors (Lipinski definition) is 5. The molecule has 0 bridgehead atoms. The van der Waals surface area contributed by atoms with Gasteiger partial charge < -0.3 is 14.9 Å². The molecule has 1 aromatic carbocycles. The lowest BCUT2D eigenvalue weighted by atomic mass is 9.97. The molecular weight excluding hydrogens is 343 g/mol. The molecule has 1 aliphatic heterocycles. The van der Waals surface area contributed by atoms with E-state index in [0.717, 1.165) is 19.3 Å². The maximum Gasteiger partial charge on any atom is 0.342 e. The molecule has 126 valence electrons. The first-order chi connectivity index (χ1) is 10.8. The number of carbonyl (C=O) groups is 2. The number of Topliss-reactive ketones (excluding diaryl/α,β-unsaturated/α-hetero) is 1. The minimum atomic E-state index is -0.804. The number of phenolic OH excluding ortho intramolecular Hbond substituents is 2. The Morgan fingerprint density at radius 1 is 1.04 bits per heavy atom. The first-order valence-corrected chi connectivity index (χ1v) is 8.23. The van der Waals surface area contributed by atoms with Gasteiger partial charge in [-0.1, -0.05) is 29.6 Å². The second-order valence-corrected chi connectivity index (χ2v) is 6.47. The maximum atomic E-state index is 12.4. The smallest absolute Gasteiger partial charge is 0.342 e. The van der Waals surface area contributed by atoms with Crippen molar-refractivity contribution in [2.45, 2.75) is 51.6 Å². The van der Waals surface area contributed by atoms with E-state index in [4.69, 9.17) is 27.9 Å². The largest absolute Gasteiger partial charge is 0.505 e. The number of carbonyl (C=O) groups excluding carboxylic acids is 2. The van der Waals surface area contributed by atoms with Crippen molar-refractivity contribution in [1.29, 1.82) is 0 Å². The Bertz CT molecular complexity index is 642. The Morgan fingerprint density at radius 3 is 2.43 bits per heavy atom. The van der Waals surface area contributed by atoms with Crippen LogP contribution >= 0.6 is 23.2 Å². The van der Waals surface area contributed by atoms with Crippen LogP contribution < -0.4 is 0 Å². The summed E-state index contributed by atoms with van der Waals surface area (Å²) in [7, 11) is 0. The maximum absolute atomic E-state index is 12.4. The number of halogens is 2. The van der Waals surface area contributed by atoms with Crippen molar-refractivity contribution < 1.29 is 24.5 Å². The molecule has 0 unspecified atom stereocenters. The van der Waals surface area contributed by atoms with Crippen molar-refractivity contribution in [2.24, 2.45) is 0 Å². The molecule has 0 fully saturated rings. The van der Waals surface area contributed by atoms with Crippen LogP contribution in [-0.4, -0.2) is 28.1 Å². The van der Waals surface area contributed by atoms with Gasteiger partial charge in [-0.05, 0) is 26.2 Å². The van der Waals surface area contributed by atoms with Crippen molar-refractivity contribution in [3.8, 4) is 11.5 Å². The average molecular weight is 361 g/mol. The van der Waals surface area contributed by atoms with E-state index in [-0.39, 0.29) is 34.5 Å². The molecule has 1 atom stereocenters. The number of ketones is 1. The van der Waals surface area contributed by atoms with Gasteiger partial charge in [-0.3, -0.25) is 4.79 Å². The fourth-order valence-corrected chi connectivity index (χ4v) is 3.11. The number of cyclic esters (lactones) is 1. The summed E-state index contributed by atoms with van der Waals surface area (Å²) in [6.45, 7) is 1.76. The molecule has 0 aromatic heterocycles. The third-order valence-corrected chi connectivity index (χ3v) is 4.64. The van der Waals surface area contributed by atoms with Crippen LogP contribution in [0, 0.1) is 0 Å². The van der Waals surface area contributed by atoms with Gasteiger partial charge in [-0.2, -0.15) is 0 Å². The number of fused-ring (bicyclic) bond motifs is 1. The fourth-order valence-electron chi connectivity index (χ4n) is 2.62. The lowest BCUT2D eigenvalue weighted by Gasteiger charge is -2.19. The number of rotatable bonds is 0. The average Bonchev–Trinajstić information content (AvgIpc) is 2.49.